The van der Waals surface area contributed by atoms with Crippen LogP contribution in [0.4, 0.5) is 21.5 Å². The van der Waals surface area contributed by atoms with E-state index >= 15 is 0 Å². The highest BCUT2D eigenvalue weighted by Gasteiger charge is 2.18. The fourth-order valence-electron chi connectivity index (χ4n) is 3.38. The van der Waals surface area contributed by atoms with Crippen LogP contribution in [0.2, 0.25) is 5.02 Å². The van der Waals surface area contributed by atoms with Crippen molar-refractivity contribution >= 4 is 51.5 Å². The highest BCUT2D eigenvalue weighted by Crippen LogP contribution is 2.36. The summed E-state index contributed by atoms with van der Waals surface area (Å²) in [5.74, 6) is -0.595. The third-order valence-corrected chi connectivity index (χ3v) is 5.31. The van der Waals surface area contributed by atoms with Crippen molar-refractivity contribution in [1.82, 2.24) is 4.98 Å². The van der Waals surface area contributed by atoms with E-state index in [2.05, 4.69) is 21.7 Å². The van der Waals surface area contributed by atoms with E-state index in [0.717, 1.165) is 0 Å². The molecule has 0 radical (unpaired) electrons. The average Bonchev–Trinajstić information content (AvgIpc) is 3.39. The fraction of sp³-hybridized carbons (Fsp3) is 0.0769. The second-order valence-electron chi connectivity index (χ2n) is 7.35. The summed E-state index contributed by atoms with van der Waals surface area (Å²) in [4.78, 5) is 17.2. The van der Waals surface area contributed by atoms with E-state index in [1.165, 1.54) is 36.7 Å². The smallest absolute Gasteiger partial charge is 0.266 e. The van der Waals surface area contributed by atoms with Gasteiger partial charge in [0, 0.05) is 29.4 Å². The number of hydrogen-bond donors (Lipinski definition) is 2. The largest absolute Gasteiger partial charge is 0.492 e. The molecule has 0 spiro atoms. The molecule has 0 saturated carbocycles. The summed E-state index contributed by atoms with van der Waals surface area (Å²) in [6.07, 6.45) is 4.14. The van der Waals surface area contributed by atoms with E-state index in [9.17, 15) is 19.7 Å². The Morgan fingerprint density at radius 2 is 2.11 bits per heavy atom. The minimum absolute atomic E-state index is 0.0872. The number of halogens is 2. The monoisotopic (exact) mass is 501 g/mol. The van der Waals surface area contributed by atoms with E-state index in [1.54, 1.807) is 31.2 Å². The van der Waals surface area contributed by atoms with Crippen LogP contribution in [-0.4, -0.2) is 17.5 Å². The summed E-state index contributed by atoms with van der Waals surface area (Å²) in [6.45, 7) is 2.09. The maximum Gasteiger partial charge on any atom is 0.266 e. The second-order valence-corrected chi connectivity index (χ2v) is 7.76. The fourth-order valence-corrected chi connectivity index (χ4v) is 3.56. The summed E-state index contributed by atoms with van der Waals surface area (Å²) in [5, 5.41) is 25.3. The number of fused-ring (bicyclic) bond motifs is 1. The van der Waals surface area contributed by atoms with Crippen LogP contribution in [0.3, 0.4) is 0 Å². The number of amides is 1. The zero-order valence-corrected chi connectivity index (χ0v) is 19.6. The van der Waals surface area contributed by atoms with Gasteiger partial charge in [-0.1, -0.05) is 11.6 Å². The molecule has 36 heavy (non-hydrogen) atoms. The number of nitrogens with zero attached hydrogens (tertiary/aromatic N) is 3. The van der Waals surface area contributed by atoms with E-state index in [1.807, 2.05) is 6.07 Å². The quantitative estimate of drug-likeness (QED) is 0.229. The third-order valence-electron chi connectivity index (χ3n) is 5.02. The number of carbonyl (C=O) groups is 1. The maximum absolute atomic E-state index is 13.6. The van der Waals surface area contributed by atoms with Gasteiger partial charge in [0.05, 0.1) is 40.3 Å². The molecule has 2 heterocycles. The first-order valence-corrected chi connectivity index (χ1v) is 11.0. The van der Waals surface area contributed by atoms with E-state index in [4.69, 9.17) is 20.8 Å². The van der Waals surface area contributed by atoms with Gasteiger partial charge < -0.3 is 19.8 Å². The first kappa shape index (κ1) is 24.3. The highest BCUT2D eigenvalue weighted by atomic mass is 35.5. The molecule has 10 heteroatoms. The van der Waals surface area contributed by atoms with Crippen LogP contribution < -0.4 is 15.4 Å². The lowest BCUT2D eigenvalue weighted by molar-refractivity contribution is -0.112. The third kappa shape index (κ3) is 5.12. The first-order valence-electron chi connectivity index (χ1n) is 10.6. The number of benzene rings is 2. The van der Waals surface area contributed by atoms with Gasteiger partial charge in [-0.25, -0.2) is 4.39 Å². The highest BCUT2D eigenvalue weighted by molar-refractivity contribution is 6.31. The van der Waals surface area contributed by atoms with Crippen molar-refractivity contribution in [2.45, 2.75) is 6.92 Å². The number of nitriles is 2. The molecule has 0 saturated heterocycles. The molecule has 0 aliphatic carbocycles. The Kier molecular flexibility index (Phi) is 7.15. The van der Waals surface area contributed by atoms with Crippen molar-refractivity contribution in [3.05, 3.63) is 82.7 Å². The molecule has 4 aromatic rings. The first-order chi connectivity index (χ1) is 17.4. The summed E-state index contributed by atoms with van der Waals surface area (Å²) in [6, 6.07) is 14.4. The summed E-state index contributed by atoms with van der Waals surface area (Å²) < 4.78 is 24.5. The Bertz CT molecular complexity index is 1570. The molecule has 0 aliphatic rings. The van der Waals surface area contributed by atoms with Crippen LogP contribution in [0.25, 0.3) is 17.0 Å². The van der Waals surface area contributed by atoms with Crippen molar-refractivity contribution in [2.24, 2.45) is 0 Å². The number of anilines is 3. The summed E-state index contributed by atoms with van der Waals surface area (Å²) >= 11 is 5.91. The van der Waals surface area contributed by atoms with E-state index < -0.39 is 11.7 Å². The number of carbonyl (C=O) groups excluding carboxylic acids is 1. The molecule has 4 rings (SSSR count). The molecular weight excluding hydrogens is 485 g/mol. The molecule has 0 bridgehead atoms. The number of pyridine rings is 1. The zero-order chi connectivity index (χ0) is 25.7. The van der Waals surface area contributed by atoms with Gasteiger partial charge in [-0.05, 0) is 43.3 Å². The maximum atomic E-state index is 13.6. The standard InChI is InChI=1S/C26H17ClFN5O3/c1-2-35-24-11-22-19(10-23(24)33-26(34)15(12-29)8-18-4-3-7-36-18)25(16(13-30)14-31-22)32-17-5-6-21(28)20(27)9-17/h3-11,14H,2H2,1H3,(H,31,32)(H,33,34). The second kappa shape index (κ2) is 10.6. The molecule has 2 aromatic carbocycles. The van der Waals surface area contributed by atoms with Crippen molar-refractivity contribution < 1.29 is 18.3 Å². The van der Waals surface area contributed by atoms with E-state index in [-0.39, 0.29) is 21.8 Å². The van der Waals surface area contributed by atoms with Crippen LogP contribution in [-0.2, 0) is 4.79 Å². The Morgan fingerprint density at radius 3 is 2.78 bits per heavy atom. The zero-order valence-electron chi connectivity index (χ0n) is 18.8. The minimum atomic E-state index is -0.682. The van der Waals surface area contributed by atoms with Crippen LogP contribution in [0, 0.1) is 28.5 Å². The van der Waals surface area contributed by atoms with Crippen LogP contribution in [0.1, 0.15) is 18.2 Å². The summed E-state index contributed by atoms with van der Waals surface area (Å²) in [5.41, 5.74) is 1.56. The number of ether oxygens (including phenoxy) is 1. The lowest BCUT2D eigenvalue weighted by Gasteiger charge is -2.16. The van der Waals surface area contributed by atoms with Gasteiger partial charge in [0.15, 0.2) is 0 Å². The number of nitrogens with one attached hydrogen (secondary N) is 2. The molecular formula is C26H17ClFN5O3. The van der Waals surface area contributed by atoms with Crippen LogP contribution >= 0.6 is 11.6 Å². The SMILES string of the molecule is CCOc1cc2ncc(C#N)c(Nc3ccc(F)c(Cl)c3)c2cc1NC(=O)C(C#N)=Cc1ccco1. The Hall–Kier alpha value is -4.86. The van der Waals surface area contributed by atoms with Gasteiger partial charge in [0.2, 0.25) is 0 Å². The predicted octanol–water partition coefficient (Wildman–Crippen LogP) is 6.18. The molecule has 2 N–H and O–H groups in total. The Labute approximate surface area is 210 Å². The molecule has 178 valence electrons. The molecule has 0 aliphatic heterocycles. The average molecular weight is 502 g/mol. The predicted molar refractivity (Wildman–Crippen MR) is 133 cm³/mol. The van der Waals surface area contributed by atoms with E-state index in [0.29, 0.717) is 40.4 Å². The van der Waals surface area contributed by atoms with Gasteiger partial charge in [-0.2, -0.15) is 10.5 Å². The molecule has 0 atom stereocenters. The van der Waals surface area contributed by atoms with Gasteiger partial charge in [0.1, 0.15) is 35.0 Å². The topological polar surface area (TPSA) is 124 Å². The lowest BCUT2D eigenvalue weighted by Crippen LogP contribution is -2.14. The number of furan rings is 1. The lowest BCUT2D eigenvalue weighted by atomic mass is 10.1. The van der Waals surface area contributed by atoms with Gasteiger partial charge >= 0.3 is 0 Å². The van der Waals surface area contributed by atoms with Crippen LogP contribution in [0.5, 0.6) is 5.75 Å². The van der Waals surface area contributed by atoms with Crippen LogP contribution in [0.15, 0.2) is 64.9 Å². The molecule has 0 unspecified atom stereocenters. The Balaban J connectivity index is 1.80. The molecule has 0 fully saturated rings. The van der Waals surface area contributed by atoms with Gasteiger partial charge in [-0.3, -0.25) is 9.78 Å². The molecule has 2 aromatic heterocycles. The number of rotatable bonds is 7. The van der Waals surface area contributed by atoms with Gasteiger partial charge in [-0.15, -0.1) is 0 Å². The summed E-state index contributed by atoms with van der Waals surface area (Å²) in [7, 11) is 0. The van der Waals surface area contributed by atoms with Crippen molar-refractivity contribution in [3.8, 4) is 17.9 Å². The van der Waals surface area contributed by atoms with Crippen molar-refractivity contribution in [3.63, 3.8) is 0 Å². The number of aromatic nitrogens is 1. The van der Waals surface area contributed by atoms with Crippen molar-refractivity contribution in [2.75, 3.05) is 17.2 Å². The molecule has 1 amide bonds. The molecule has 8 nitrogen and oxygen atoms in total. The number of hydrogen-bond acceptors (Lipinski definition) is 7. The minimum Gasteiger partial charge on any atom is -0.492 e. The van der Waals surface area contributed by atoms with Gasteiger partial charge in [0.25, 0.3) is 5.91 Å². The normalized spacial score (nSPS) is 11.0. The van der Waals surface area contributed by atoms with Crippen molar-refractivity contribution in [1.29, 1.82) is 10.5 Å². The Morgan fingerprint density at radius 1 is 1.28 bits per heavy atom.